The maximum absolute atomic E-state index is 4.54. The fraction of sp³-hybridized carbons (Fsp3) is 0.765. The Balaban J connectivity index is 1.74. The Labute approximate surface area is 122 Å². The van der Waals surface area contributed by atoms with Gasteiger partial charge in [0.25, 0.3) is 0 Å². The lowest BCUT2D eigenvalue weighted by Crippen LogP contribution is -2.26. The van der Waals surface area contributed by atoms with E-state index in [2.05, 4.69) is 22.2 Å². The SMILES string of the molecule is CCC1(CNc2ncnc3c2CCCCC3)CCCC1. The molecule has 110 valence electrons. The topological polar surface area (TPSA) is 37.8 Å². The van der Waals surface area contributed by atoms with Gasteiger partial charge in [0, 0.05) is 17.8 Å². The molecular formula is C17H27N3. The highest BCUT2D eigenvalue weighted by atomic mass is 15.0. The van der Waals surface area contributed by atoms with Gasteiger partial charge in [-0.3, -0.25) is 0 Å². The van der Waals surface area contributed by atoms with Gasteiger partial charge in [-0.25, -0.2) is 9.97 Å². The van der Waals surface area contributed by atoms with Gasteiger partial charge in [-0.1, -0.05) is 26.2 Å². The van der Waals surface area contributed by atoms with Crippen LogP contribution in [0.15, 0.2) is 6.33 Å². The Hall–Kier alpha value is -1.12. The summed E-state index contributed by atoms with van der Waals surface area (Å²) in [6, 6.07) is 0. The summed E-state index contributed by atoms with van der Waals surface area (Å²) in [5, 5.41) is 3.68. The summed E-state index contributed by atoms with van der Waals surface area (Å²) in [7, 11) is 0. The van der Waals surface area contributed by atoms with E-state index in [1.54, 1.807) is 6.33 Å². The highest BCUT2D eigenvalue weighted by Gasteiger charge is 2.32. The molecule has 1 N–H and O–H groups in total. The number of nitrogens with one attached hydrogen (secondary N) is 1. The van der Waals surface area contributed by atoms with Crippen molar-refractivity contribution in [3.63, 3.8) is 0 Å². The van der Waals surface area contributed by atoms with Crippen molar-refractivity contribution in [1.82, 2.24) is 9.97 Å². The lowest BCUT2D eigenvalue weighted by Gasteiger charge is -2.28. The predicted molar refractivity (Wildman–Crippen MR) is 83.0 cm³/mol. The average molecular weight is 273 g/mol. The molecule has 0 unspecified atom stereocenters. The van der Waals surface area contributed by atoms with Gasteiger partial charge in [0.15, 0.2) is 0 Å². The smallest absolute Gasteiger partial charge is 0.132 e. The molecule has 20 heavy (non-hydrogen) atoms. The van der Waals surface area contributed by atoms with E-state index in [1.165, 1.54) is 62.6 Å². The van der Waals surface area contributed by atoms with Gasteiger partial charge in [0.2, 0.25) is 0 Å². The third kappa shape index (κ3) is 2.82. The standard InChI is InChI=1S/C17H27N3/c1-2-17(10-6-7-11-17)12-18-16-14-8-4-3-5-9-15(14)19-13-20-16/h13H,2-12H2,1H3,(H,18,19,20). The molecule has 0 saturated heterocycles. The summed E-state index contributed by atoms with van der Waals surface area (Å²) in [5.74, 6) is 1.12. The first kappa shape index (κ1) is 13.8. The maximum Gasteiger partial charge on any atom is 0.132 e. The summed E-state index contributed by atoms with van der Waals surface area (Å²) in [4.78, 5) is 9.04. The molecule has 0 aromatic carbocycles. The first-order valence-corrected chi connectivity index (χ1v) is 8.40. The number of hydrogen-bond acceptors (Lipinski definition) is 3. The second kappa shape index (κ2) is 6.11. The second-order valence-electron chi connectivity index (χ2n) is 6.62. The molecule has 1 fully saturated rings. The van der Waals surface area contributed by atoms with E-state index in [-0.39, 0.29) is 0 Å². The minimum absolute atomic E-state index is 0.516. The van der Waals surface area contributed by atoms with E-state index in [0.717, 1.165) is 25.2 Å². The fourth-order valence-corrected chi connectivity index (χ4v) is 3.90. The number of rotatable bonds is 4. The molecule has 1 heterocycles. The summed E-state index contributed by atoms with van der Waals surface area (Å²) in [6.07, 6.45) is 14.8. The van der Waals surface area contributed by atoms with Crippen LogP contribution in [-0.4, -0.2) is 16.5 Å². The van der Waals surface area contributed by atoms with E-state index in [0.29, 0.717) is 5.41 Å². The molecule has 0 atom stereocenters. The molecular weight excluding hydrogens is 246 g/mol. The summed E-state index contributed by atoms with van der Waals surface area (Å²) >= 11 is 0. The van der Waals surface area contributed by atoms with E-state index < -0.39 is 0 Å². The van der Waals surface area contributed by atoms with E-state index in [9.17, 15) is 0 Å². The number of nitrogens with zero attached hydrogens (tertiary/aromatic N) is 2. The molecule has 1 saturated carbocycles. The molecule has 0 bridgehead atoms. The molecule has 3 rings (SSSR count). The van der Waals surface area contributed by atoms with Crippen molar-refractivity contribution in [1.29, 1.82) is 0 Å². The van der Waals surface area contributed by atoms with Crippen molar-refractivity contribution in [2.45, 2.75) is 71.1 Å². The van der Waals surface area contributed by atoms with Crippen molar-refractivity contribution >= 4 is 5.82 Å². The van der Waals surface area contributed by atoms with Crippen LogP contribution in [0.1, 0.15) is 69.5 Å². The first-order chi connectivity index (χ1) is 9.83. The number of fused-ring (bicyclic) bond motifs is 1. The van der Waals surface area contributed by atoms with Crippen molar-refractivity contribution in [2.75, 3.05) is 11.9 Å². The third-order valence-electron chi connectivity index (χ3n) is 5.42. The minimum atomic E-state index is 0.516. The molecule has 0 amide bonds. The Morgan fingerprint density at radius 3 is 2.65 bits per heavy atom. The molecule has 2 aliphatic carbocycles. The van der Waals surface area contributed by atoms with Crippen LogP contribution in [0.25, 0.3) is 0 Å². The van der Waals surface area contributed by atoms with Crippen LogP contribution in [0.2, 0.25) is 0 Å². The fourth-order valence-electron chi connectivity index (χ4n) is 3.90. The minimum Gasteiger partial charge on any atom is -0.369 e. The van der Waals surface area contributed by atoms with Crippen LogP contribution in [-0.2, 0) is 12.8 Å². The normalized spacial score (nSPS) is 21.2. The zero-order valence-electron chi connectivity index (χ0n) is 12.7. The molecule has 3 heteroatoms. The Morgan fingerprint density at radius 1 is 1.05 bits per heavy atom. The van der Waals surface area contributed by atoms with Crippen LogP contribution < -0.4 is 5.32 Å². The van der Waals surface area contributed by atoms with Crippen LogP contribution >= 0.6 is 0 Å². The van der Waals surface area contributed by atoms with Gasteiger partial charge >= 0.3 is 0 Å². The molecule has 3 nitrogen and oxygen atoms in total. The lowest BCUT2D eigenvalue weighted by atomic mass is 9.83. The summed E-state index contributed by atoms with van der Waals surface area (Å²) in [5.41, 5.74) is 3.20. The van der Waals surface area contributed by atoms with Gasteiger partial charge in [-0.15, -0.1) is 0 Å². The van der Waals surface area contributed by atoms with E-state index >= 15 is 0 Å². The largest absolute Gasteiger partial charge is 0.369 e. The van der Waals surface area contributed by atoms with Gasteiger partial charge < -0.3 is 5.32 Å². The van der Waals surface area contributed by atoms with Crippen molar-refractivity contribution in [2.24, 2.45) is 5.41 Å². The molecule has 0 spiro atoms. The van der Waals surface area contributed by atoms with Crippen LogP contribution in [0.3, 0.4) is 0 Å². The van der Waals surface area contributed by atoms with Crippen LogP contribution in [0.5, 0.6) is 0 Å². The van der Waals surface area contributed by atoms with Gasteiger partial charge in [0.05, 0.1) is 0 Å². The van der Waals surface area contributed by atoms with Crippen molar-refractivity contribution in [3.8, 4) is 0 Å². The zero-order chi connectivity index (χ0) is 13.8. The van der Waals surface area contributed by atoms with Gasteiger partial charge in [-0.05, 0) is 50.4 Å². The third-order valence-corrected chi connectivity index (χ3v) is 5.42. The molecule has 1 aromatic rings. The lowest BCUT2D eigenvalue weighted by molar-refractivity contribution is 0.306. The van der Waals surface area contributed by atoms with Crippen molar-refractivity contribution in [3.05, 3.63) is 17.6 Å². The van der Waals surface area contributed by atoms with Crippen molar-refractivity contribution < 1.29 is 0 Å². The molecule has 0 radical (unpaired) electrons. The second-order valence-corrected chi connectivity index (χ2v) is 6.62. The highest BCUT2D eigenvalue weighted by Crippen LogP contribution is 2.41. The Kier molecular flexibility index (Phi) is 4.23. The highest BCUT2D eigenvalue weighted by molar-refractivity contribution is 5.46. The molecule has 1 aromatic heterocycles. The quantitative estimate of drug-likeness (QED) is 0.838. The number of hydrogen-bond donors (Lipinski definition) is 1. The number of aryl methyl sites for hydroxylation is 1. The van der Waals surface area contributed by atoms with E-state index in [4.69, 9.17) is 0 Å². The summed E-state index contributed by atoms with van der Waals surface area (Å²) < 4.78 is 0. The molecule has 2 aliphatic rings. The molecule has 0 aliphatic heterocycles. The van der Waals surface area contributed by atoms with E-state index in [1.807, 2.05) is 0 Å². The summed E-state index contributed by atoms with van der Waals surface area (Å²) in [6.45, 7) is 3.43. The van der Waals surface area contributed by atoms with Gasteiger partial charge in [-0.2, -0.15) is 0 Å². The zero-order valence-corrected chi connectivity index (χ0v) is 12.7. The first-order valence-electron chi connectivity index (χ1n) is 8.40. The Bertz CT molecular complexity index is 450. The maximum atomic E-state index is 4.54. The Morgan fingerprint density at radius 2 is 1.85 bits per heavy atom. The van der Waals surface area contributed by atoms with Crippen LogP contribution in [0.4, 0.5) is 5.82 Å². The van der Waals surface area contributed by atoms with Crippen LogP contribution in [0, 0.1) is 5.41 Å². The van der Waals surface area contributed by atoms with Gasteiger partial charge in [0.1, 0.15) is 12.1 Å². The number of aromatic nitrogens is 2. The number of anilines is 1. The predicted octanol–water partition coefficient (Wildman–Crippen LogP) is 4.13. The average Bonchev–Trinajstić information content (AvgIpc) is 2.82. The monoisotopic (exact) mass is 273 g/mol.